The van der Waals surface area contributed by atoms with E-state index in [0.29, 0.717) is 30.2 Å². The Morgan fingerprint density at radius 2 is 1.83 bits per heavy atom. The fourth-order valence-electron chi connectivity index (χ4n) is 4.32. The van der Waals surface area contributed by atoms with Crippen molar-refractivity contribution in [2.24, 2.45) is 5.92 Å². The lowest BCUT2D eigenvalue weighted by Gasteiger charge is -2.42. The fraction of sp³-hybridized carbons (Fsp3) is 0.381. The van der Waals surface area contributed by atoms with E-state index < -0.39 is 12.6 Å². The predicted molar refractivity (Wildman–Crippen MR) is 107 cm³/mol. The smallest absolute Gasteiger partial charge is 0.329 e. The molecule has 4 rings (SSSR count). The number of piperidine rings is 1. The zero-order valence-electron chi connectivity index (χ0n) is 15.7. The molecule has 8 heteroatoms. The standard InChI is InChI=1S/C21H21ClN2O5/c22-16-3-1-14(2-4-16)17-5-6-18-15-7-13(9-24(18)21(17)28)8-23(10-15)19(25)11-29-12-20(26)27/h1-6,13,15H,7-12H2,(H,26,27). The molecule has 2 unspecified atom stereocenters. The molecule has 2 aliphatic heterocycles. The lowest BCUT2D eigenvalue weighted by Crippen LogP contribution is -2.50. The number of aromatic nitrogens is 1. The number of nitrogens with zero attached hydrogens (tertiary/aromatic N) is 2. The number of carboxylic acid groups (broad SMARTS) is 1. The summed E-state index contributed by atoms with van der Waals surface area (Å²) in [7, 11) is 0. The van der Waals surface area contributed by atoms with E-state index in [0.717, 1.165) is 17.7 Å². The van der Waals surface area contributed by atoms with E-state index in [2.05, 4.69) is 0 Å². The van der Waals surface area contributed by atoms with Gasteiger partial charge in [0.05, 0.1) is 0 Å². The Labute approximate surface area is 172 Å². The molecule has 2 bridgehead atoms. The van der Waals surface area contributed by atoms with Gasteiger partial charge in [0.15, 0.2) is 0 Å². The van der Waals surface area contributed by atoms with Crippen molar-refractivity contribution in [1.82, 2.24) is 9.47 Å². The maximum atomic E-state index is 13.1. The van der Waals surface area contributed by atoms with Crippen LogP contribution >= 0.6 is 11.6 Å². The molecular weight excluding hydrogens is 396 g/mol. The number of fused-ring (bicyclic) bond motifs is 4. The third-order valence-corrected chi connectivity index (χ3v) is 5.82. The van der Waals surface area contributed by atoms with Crippen LogP contribution in [0.25, 0.3) is 11.1 Å². The third kappa shape index (κ3) is 4.06. The van der Waals surface area contributed by atoms with Gasteiger partial charge in [0.25, 0.3) is 5.56 Å². The molecule has 2 aromatic rings. The van der Waals surface area contributed by atoms with Crippen LogP contribution < -0.4 is 5.56 Å². The van der Waals surface area contributed by atoms with Crippen LogP contribution in [-0.2, 0) is 20.9 Å². The van der Waals surface area contributed by atoms with Crippen molar-refractivity contribution >= 4 is 23.5 Å². The van der Waals surface area contributed by atoms with E-state index in [9.17, 15) is 14.4 Å². The topological polar surface area (TPSA) is 88.8 Å². The van der Waals surface area contributed by atoms with Crippen LogP contribution in [0.3, 0.4) is 0 Å². The summed E-state index contributed by atoms with van der Waals surface area (Å²) in [5.74, 6) is -1.05. The number of carbonyl (C=O) groups is 2. The van der Waals surface area contributed by atoms with E-state index in [-0.39, 0.29) is 29.9 Å². The minimum atomic E-state index is -1.10. The molecule has 1 aromatic carbocycles. The van der Waals surface area contributed by atoms with Crippen LogP contribution in [0.2, 0.25) is 5.02 Å². The second-order valence-corrected chi connectivity index (χ2v) is 8.01. The highest BCUT2D eigenvalue weighted by Crippen LogP contribution is 2.35. The molecule has 1 saturated heterocycles. The average Bonchev–Trinajstić information content (AvgIpc) is 2.69. The zero-order valence-corrected chi connectivity index (χ0v) is 16.5. The molecule has 1 amide bonds. The first kappa shape index (κ1) is 19.7. The molecule has 0 aliphatic carbocycles. The van der Waals surface area contributed by atoms with Gasteiger partial charge in [-0.15, -0.1) is 0 Å². The molecule has 1 fully saturated rings. The summed E-state index contributed by atoms with van der Waals surface area (Å²) in [6, 6.07) is 11.0. The van der Waals surface area contributed by atoms with Crippen LogP contribution in [0, 0.1) is 5.92 Å². The Kier molecular flexibility index (Phi) is 5.43. The van der Waals surface area contributed by atoms with Gasteiger partial charge in [-0.3, -0.25) is 9.59 Å². The fourth-order valence-corrected chi connectivity index (χ4v) is 4.44. The Morgan fingerprint density at radius 1 is 1.07 bits per heavy atom. The van der Waals surface area contributed by atoms with E-state index in [4.69, 9.17) is 21.4 Å². The van der Waals surface area contributed by atoms with Crippen molar-refractivity contribution in [2.75, 3.05) is 26.3 Å². The van der Waals surface area contributed by atoms with Crippen LogP contribution in [-0.4, -0.2) is 52.8 Å². The number of hydrogen-bond donors (Lipinski definition) is 1. The van der Waals surface area contributed by atoms with E-state index in [1.807, 2.05) is 28.8 Å². The number of ether oxygens (including phenoxy) is 1. The van der Waals surface area contributed by atoms with Crippen LogP contribution in [0.4, 0.5) is 0 Å². The van der Waals surface area contributed by atoms with Crippen LogP contribution in [0.1, 0.15) is 18.0 Å². The normalized spacial score (nSPS) is 20.2. The number of pyridine rings is 1. The Morgan fingerprint density at radius 3 is 2.55 bits per heavy atom. The highest BCUT2D eigenvalue weighted by molar-refractivity contribution is 6.30. The summed E-state index contributed by atoms with van der Waals surface area (Å²) in [6.45, 7) is 0.881. The lowest BCUT2D eigenvalue weighted by molar-refractivity contribution is -0.146. The summed E-state index contributed by atoms with van der Waals surface area (Å²) in [6.07, 6.45) is 0.930. The first-order chi connectivity index (χ1) is 13.9. The molecule has 2 aliphatic rings. The summed E-state index contributed by atoms with van der Waals surface area (Å²) < 4.78 is 6.78. The second kappa shape index (κ2) is 8.00. The van der Waals surface area contributed by atoms with Crippen molar-refractivity contribution in [3.8, 4) is 11.1 Å². The number of rotatable bonds is 5. The predicted octanol–water partition coefficient (Wildman–Crippen LogP) is 2.22. The van der Waals surface area contributed by atoms with Gasteiger partial charge in [0.1, 0.15) is 13.2 Å². The molecule has 1 aromatic heterocycles. The van der Waals surface area contributed by atoms with Crippen molar-refractivity contribution < 1.29 is 19.4 Å². The molecule has 0 spiro atoms. The molecule has 29 heavy (non-hydrogen) atoms. The number of aliphatic carboxylic acids is 1. The van der Waals surface area contributed by atoms with Gasteiger partial charge >= 0.3 is 5.97 Å². The first-order valence-electron chi connectivity index (χ1n) is 9.49. The Balaban J connectivity index is 1.55. The number of benzene rings is 1. The second-order valence-electron chi connectivity index (χ2n) is 7.58. The van der Waals surface area contributed by atoms with Gasteiger partial charge in [0, 0.05) is 41.8 Å². The van der Waals surface area contributed by atoms with E-state index >= 15 is 0 Å². The number of halogens is 1. The van der Waals surface area contributed by atoms with Gasteiger partial charge < -0.3 is 19.3 Å². The van der Waals surface area contributed by atoms with E-state index in [1.54, 1.807) is 17.0 Å². The molecule has 152 valence electrons. The molecule has 1 N–H and O–H groups in total. The number of carbonyl (C=O) groups excluding carboxylic acids is 1. The lowest BCUT2D eigenvalue weighted by atomic mass is 9.82. The minimum absolute atomic E-state index is 0.0240. The largest absolute Gasteiger partial charge is 0.480 e. The number of likely N-dealkylation sites (tertiary alicyclic amines) is 1. The maximum Gasteiger partial charge on any atom is 0.329 e. The van der Waals surface area contributed by atoms with Crippen molar-refractivity contribution in [1.29, 1.82) is 0 Å². The number of amides is 1. The van der Waals surface area contributed by atoms with Crippen molar-refractivity contribution in [3.63, 3.8) is 0 Å². The summed E-state index contributed by atoms with van der Waals surface area (Å²) in [5, 5.41) is 9.26. The van der Waals surface area contributed by atoms with Gasteiger partial charge in [0.2, 0.25) is 5.91 Å². The van der Waals surface area contributed by atoms with E-state index in [1.165, 1.54) is 0 Å². The summed E-state index contributed by atoms with van der Waals surface area (Å²) >= 11 is 5.95. The molecule has 7 nitrogen and oxygen atoms in total. The number of hydrogen-bond acceptors (Lipinski definition) is 4. The monoisotopic (exact) mass is 416 g/mol. The van der Waals surface area contributed by atoms with Crippen molar-refractivity contribution in [3.05, 3.63) is 57.5 Å². The maximum absolute atomic E-state index is 13.1. The summed E-state index contributed by atoms with van der Waals surface area (Å²) in [4.78, 5) is 37.8. The quantitative estimate of drug-likeness (QED) is 0.807. The number of carboxylic acids is 1. The minimum Gasteiger partial charge on any atom is -0.480 e. The molecular formula is C21H21ClN2O5. The molecule has 3 heterocycles. The highest BCUT2D eigenvalue weighted by atomic mass is 35.5. The molecule has 0 radical (unpaired) electrons. The third-order valence-electron chi connectivity index (χ3n) is 5.56. The zero-order chi connectivity index (χ0) is 20.5. The van der Waals surface area contributed by atoms with Gasteiger partial charge in [-0.1, -0.05) is 23.7 Å². The van der Waals surface area contributed by atoms with Crippen LogP contribution in [0.15, 0.2) is 41.2 Å². The first-order valence-corrected chi connectivity index (χ1v) is 9.87. The van der Waals surface area contributed by atoms with Crippen LogP contribution in [0.5, 0.6) is 0 Å². The average molecular weight is 417 g/mol. The molecule has 2 atom stereocenters. The Hall–Kier alpha value is -2.64. The van der Waals surface area contributed by atoms with Gasteiger partial charge in [-0.2, -0.15) is 0 Å². The SMILES string of the molecule is O=C(O)COCC(=O)N1CC2CC(C1)c1ccc(-c3ccc(Cl)cc3)c(=O)n1C2. The highest BCUT2D eigenvalue weighted by Gasteiger charge is 2.36. The van der Waals surface area contributed by atoms with Gasteiger partial charge in [-0.25, -0.2) is 4.79 Å². The van der Waals surface area contributed by atoms with Gasteiger partial charge in [-0.05, 0) is 42.2 Å². The summed E-state index contributed by atoms with van der Waals surface area (Å²) in [5.41, 5.74) is 2.38. The Bertz CT molecular complexity index is 1000. The van der Waals surface area contributed by atoms with Crippen molar-refractivity contribution in [2.45, 2.75) is 18.9 Å². The molecule has 0 saturated carbocycles.